The molecule has 0 radical (unpaired) electrons. The average molecular weight is 317 g/mol. The summed E-state index contributed by atoms with van der Waals surface area (Å²) in [5.41, 5.74) is 0. The van der Waals surface area contributed by atoms with E-state index < -0.39 is 0 Å². The second-order valence-electron chi connectivity index (χ2n) is 5.43. The van der Waals surface area contributed by atoms with Crippen molar-refractivity contribution in [2.24, 2.45) is 5.92 Å². The van der Waals surface area contributed by atoms with Gasteiger partial charge in [-0.2, -0.15) is 0 Å². The molecule has 1 aromatic carbocycles. The van der Waals surface area contributed by atoms with Gasteiger partial charge in [-0.1, -0.05) is 49.9 Å². The summed E-state index contributed by atoms with van der Waals surface area (Å²) in [6, 6.07) is 9.79. The van der Waals surface area contributed by atoms with Crippen LogP contribution in [-0.4, -0.2) is 20.5 Å². The number of hydrogen-bond acceptors (Lipinski definition) is 4. The van der Waals surface area contributed by atoms with Gasteiger partial charge in [-0.05, 0) is 24.5 Å². The Morgan fingerprint density at radius 3 is 2.73 bits per heavy atom. The SMILES string of the molecule is C=CCSc1nnc(COc2ccccc2)n1CCC(C)C. The molecule has 0 atom stereocenters. The Balaban J connectivity index is 2.07. The predicted octanol–water partition coefficient (Wildman–Crippen LogP) is 4.18. The van der Waals surface area contributed by atoms with Gasteiger partial charge in [-0.25, -0.2) is 0 Å². The summed E-state index contributed by atoms with van der Waals surface area (Å²) in [6.07, 6.45) is 2.98. The summed E-state index contributed by atoms with van der Waals surface area (Å²) < 4.78 is 7.97. The van der Waals surface area contributed by atoms with E-state index in [1.165, 1.54) is 0 Å². The van der Waals surface area contributed by atoms with E-state index >= 15 is 0 Å². The van der Waals surface area contributed by atoms with Crippen molar-refractivity contribution < 1.29 is 4.74 Å². The summed E-state index contributed by atoms with van der Waals surface area (Å²) in [5.74, 6) is 3.19. The summed E-state index contributed by atoms with van der Waals surface area (Å²) in [7, 11) is 0. The molecule has 0 aliphatic carbocycles. The van der Waals surface area contributed by atoms with E-state index in [1.54, 1.807) is 11.8 Å². The second-order valence-corrected chi connectivity index (χ2v) is 6.42. The molecule has 1 heterocycles. The summed E-state index contributed by atoms with van der Waals surface area (Å²) in [4.78, 5) is 0. The number of ether oxygens (including phenoxy) is 1. The molecule has 0 N–H and O–H groups in total. The van der Waals surface area contributed by atoms with Crippen molar-refractivity contribution in [3.63, 3.8) is 0 Å². The quantitative estimate of drug-likeness (QED) is 0.514. The van der Waals surface area contributed by atoms with Gasteiger partial charge in [0.25, 0.3) is 0 Å². The van der Waals surface area contributed by atoms with Crippen LogP contribution in [0, 0.1) is 5.92 Å². The van der Waals surface area contributed by atoms with E-state index in [1.807, 2.05) is 36.4 Å². The Morgan fingerprint density at radius 1 is 1.27 bits per heavy atom. The molecule has 5 heteroatoms. The molecule has 118 valence electrons. The first-order valence-corrected chi connectivity index (χ1v) is 8.53. The molecule has 2 aromatic rings. The first-order valence-electron chi connectivity index (χ1n) is 7.54. The van der Waals surface area contributed by atoms with Crippen LogP contribution in [0.25, 0.3) is 0 Å². The van der Waals surface area contributed by atoms with Crippen molar-refractivity contribution in [2.45, 2.75) is 38.6 Å². The second kappa shape index (κ2) is 8.63. The van der Waals surface area contributed by atoms with Gasteiger partial charge < -0.3 is 9.30 Å². The van der Waals surface area contributed by atoms with Crippen LogP contribution in [-0.2, 0) is 13.2 Å². The first kappa shape index (κ1) is 16.6. The Bertz CT molecular complexity index is 581. The number of rotatable bonds is 9. The van der Waals surface area contributed by atoms with Crippen molar-refractivity contribution in [3.05, 3.63) is 48.8 Å². The highest BCUT2D eigenvalue weighted by Gasteiger charge is 2.13. The number of thioether (sulfide) groups is 1. The van der Waals surface area contributed by atoms with E-state index in [0.717, 1.165) is 35.4 Å². The maximum Gasteiger partial charge on any atom is 0.191 e. The molecule has 0 aliphatic heterocycles. The van der Waals surface area contributed by atoms with E-state index in [-0.39, 0.29) is 0 Å². The molecule has 0 amide bonds. The van der Waals surface area contributed by atoms with Gasteiger partial charge in [0.15, 0.2) is 11.0 Å². The monoisotopic (exact) mass is 317 g/mol. The van der Waals surface area contributed by atoms with Crippen LogP contribution in [0.15, 0.2) is 48.1 Å². The third-order valence-electron chi connectivity index (χ3n) is 3.16. The van der Waals surface area contributed by atoms with Crippen molar-refractivity contribution in [1.29, 1.82) is 0 Å². The maximum atomic E-state index is 5.80. The topological polar surface area (TPSA) is 39.9 Å². The van der Waals surface area contributed by atoms with Gasteiger partial charge in [0.1, 0.15) is 12.4 Å². The van der Waals surface area contributed by atoms with E-state index in [0.29, 0.717) is 12.5 Å². The van der Waals surface area contributed by atoms with Crippen LogP contribution in [0.5, 0.6) is 5.75 Å². The van der Waals surface area contributed by atoms with Gasteiger partial charge in [0, 0.05) is 12.3 Å². The van der Waals surface area contributed by atoms with Gasteiger partial charge in [-0.3, -0.25) is 0 Å². The number of benzene rings is 1. The number of hydrogen-bond donors (Lipinski definition) is 0. The lowest BCUT2D eigenvalue weighted by Gasteiger charge is -2.12. The van der Waals surface area contributed by atoms with Gasteiger partial charge in [-0.15, -0.1) is 16.8 Å². The third-order valence-corrected chi connectivity index (χ3v) is 4.13. The largest absolute Gasteiger partial charge is 0.486 e. The van der Waals surface area contributed by atoms with Crippen molar-refractivity contribution >= 4 is 11.8 Å². The highest BCUT2D eigenvalue weighted by atomic mass is 32.2. The molecule has 0 saturated heterocycles. The molecular formula is C17H23N3OS. The van der Waals surface area contributed by atoms with Crippen molar-refractivity contribution in [1.82, 2.24) is 14.8 Å². The standard InChI is InChI=1S/C17H23N3OS/c1-4-12-22-17-19-18-16(20(17)11-10-14(2)3)13-21-15-8-6-5-7-9-15/h4-9,14H,1,10-13H2,2-3H3. The zero-order chi connectivity index (χ0) is 15.8. The molecule has 0 saturated carbocycles. The molecule has 22 heavy (non-hydrogen) atoms. The van der Waals surface area contributed by atoms with Crippen LogP contribution in [0.2, 0.25) is 0 Å². The summed E-state index contributed by atoms with van der Waals surface area (Å²) in [5, 5.41) is 9.52. The molecule has 0 spiro atoms. The minimum Gasteiger partial charge on any atom is -0.486 e. The lowest BCUT2D eigenvalue weighted by atomic mass is 10.1. The Labute approximate surface area is 136 Å². The molecule has 2 rings (SSSR count). The average Bonchev–Trinajstić information content (AvgIpc) is 2.91. The fraction of sp³-hybridized carbons (Fsp3) is 0.412. The van der Waals surface area contributed by atoms with Crippen LogP contribution >= 0.6 is 11.8 Å². The maximum absolute atomic E-state index is 5.80. The first-order chi connectivity index (χ1) is 10.7. The smallest absolute Gasteiger partial charge is 0.191 e. The molecular weight excluding hydrogens is 294 g/mol. The lowest BCUT2D eigenvalue weighted by Crippen LogP contribution is -2.10. The fourth-order valence-electron chi connectivity index (χ4n) is 1.94. The van der Waals surface area contributed by atoms with Gasteiger partial charge in [0.2, 0.25) is 0 Å². The van der Waals surface area contributed by atoms with E-state index in [4.69, 9.17) is 4.74 Å². The summed E-state index contributed by atoms with van der Waals surface area (Å²) >= 11 is 1.66. The Hall–Kier alpha value is -1.75. The van der Waals surface area contributed by atoms with E-state index in [2.05, 4.69) is 35.2 Å². The molecule has 4 nitrogen and oxygen atoms in total. The van der Waals surface area contributed by atoms with Crippen LogP contribution in [0.3, 0.4) is 0 Å². The zero-order valence-electron chi connectivity index (χ0n) is 13.2. The molecule has 0 bridgehead atoms. The van der Waals surface area contributed by atoms with Gasteiger partial charge in [0.05, 0.1) is 0 Å². The lowest BCUT2D eigenvalue weighted by molar-refractivity contribution is 0.285. The number of nitrogens with zero attached hydrogens (tertiary/aromatic N) is 3. The summed E-state index contributed by atoms with van der Waals surface area (Å²) in [6.45, 7) is 9.55. The normalized spacial score (nSPS) is 10.9. The highest BCUT2D eigenvalue weighted by molar-refractivity contribution is 7.99. The fourth-order valence-corrected chi connectivity index (χ4v) is 2.66. The minimum absolute atomic E-state index is 0.434. The van der Waals surface area contributed by atoms with Crippen LogP contribution in [0.1, 0.15) is 26.1 Å². The Morgan fingerprint density at radius 2 is 2.05 bits per heavy atom. The van der Waals surface area contributed by atoms with E-state index in [9.17, 15) is 0 Å². The number of aromatic nitrogens is 3. The third kappa shape index (κ3) is 4.91. The molecule has 1 aromatic heterocycles. The van der Waals surface area contributed by atoms with Crippen LogP contribution < -0.4 is 4.74 Å². The predicted molar refractivity (Wildman–Crippen MR) is 91.2 cm³/mol. The zero-order valence-corrected chi connectivity index (χ0v) is 14.1. The minimum atomic E-state index is 0.434. The molecule has 0 fully saturated rings. The number of para-hydroxylation sites is 1. The highest BCUT2D eigenvalue weighted by Crippen LogP contribution is 2.20. The molecule has 0 aliphatic rings. The van der Waals surface area contributed by atoms with Gasteiger partial charge >= 0.3 is 0 Å². The van der Waals surface area contributed by atoms with Crippen molar-refractivity contribution in [2.75, 3.05) is 5.75 Å². The Kier molecular flexibility index (Phi) is 6.52. The van der Waals surface area contributed by atoms with Crippen molar-refractivity contribution in [3.8, 4) is 5.75 Å². The molecule has 0 unspecified atom stereocenters. The van der Waals surface area contributed by atoms with Crippen LogP contribution in [0.4, 0.5) is 0 Å².